The summed E-state index contributed by atoms with van der Waals surface area (Å²) < 4.78 is 4.95. The summed E-state index contributed by atoms with van der Waals surface area (Å²) in [4.78, 5) is 15.4. The topological polar surface area (TPSA) is 91.9 Å². The average molecular weight is 325 g/mol. The number of ether oxygens (including phenoxy) is 1. The number of rotatable bonds is 7. The molecule has 0 radical (unpaired) electrons. The van der Waals surface area contributed by atoms with E-state index in [1.165, 1.54) is 0 Å². The molecule has 0 unspecified atom stereocenters. The fourth-order valence-corrected chi connectivity index (χ4v) is 2.41. The van der Waals surface area contributed by atoms with Gasteiger partial charge in [-0.1, -0.05) is 18.2 Å². The Morgan fingerprint density at radius 1 is 1.17 bits per heavy atom. The summed E-state index contributed by atoms with van der Waals surface area (Å²) in [5.74, 6) is 0.938. The van der Waals surface area contributed by atoms with Gasteiger partial charge in [0.2, 0.25) is 5.91 Å². The number of H-pyrrole nitrogens is 1. The molecule has 24 heavy (non-hydrogen) atoms. The Morgan fingerprint density at radius 3 is 2.75 bits per heavy atom. The number of fused-ring (bicyclic) bond motifs is 1. The number of nitrogens with one attached hydrogen (secondary N) is 3. The Hall–Kier alpha value is -2.93. The van der Waals surface area contributed by atoms with Gasteiger partial charge in [0, 0.05) is 30.8 Å². The number of para-hydroxylation sites is 1. The van der Waals surface area contributed by atoms with E-state index in [9.17, 15) is 4.79 Å². The lowest BCUT2D eigenvalue weighted by atomic mass is 10.1. The molecule has 2 aromatic heterocycles. The van der Waals surface area contributed by atoms with E-state index in [-0.39, 0.29) is 12.3 Å². The number of aromatic nitrogens is 3. The number of carbonyl (C=O) groups is 1. The normalized spacial score (nSPS) is 10.7. The van der Waals surface area contributed by atoms with Crippen LogP contribution in [-0.2, 0) is 16.0 Å². The summed E-state index contributed by atoms with van der Waals surface area (Å²) in [5.41, 5.74) is 1.97. The molecule has 0 bridgehead atoms. The van der Waals surface area contributed by atoms with Crippen LogP contribution in [0.5, 0.6) is 0 Å². The third-order valence-corrected chi connectivity index (χ3v) is 3.57. The van der Waals surface area contributed by atoms with Gasteiger partial charge in [0.1, 0.15) is 5.82 Å². The summed E-state index contributed by atoms with van der Waals surface area (Å²) in [7, 11) is 1.64. The lowest BCUT2D eigenvalue weighted by Crippen LogP contribution is -2.16. The number of amides is 1. The molecule has 0 saturated heterocycles. The lowest BCUT2D eigenvalue weighted by Gasteiger charge is -2.06. The van der Waals surface area contributed by atoms with Gasteiger partial charge >= 0.3 is 0 Å². The number of nitrogens with zero attached hydrogens (tertiary/aromatic N) is 2. The maximum atomic E-state index is 12.2. The van der Waals surface area contributed by atoms with Gasteiger partial charge in [-0.25, -0.2) is 0 Å². The molecule has 0 saturated carbocycles. The van der Waals surface area contributed by atoms with Gasteiger partial charge in [-0.3, -0.25) is 4.79 Å². The van der Waals surface area contributed by atoms with Crippen molar-refractivity contribution < 1.29 is 9.53 Å². The first kappa shape index (κ1) is 15.9. The van der Waals surface area contributed by atoms with Gasteiger partial charge in [0.25, 0.3) is 0 Å². The maximum absolute atomic E-state index is 12.2. The van der Waals surface area contributed by atoms with Gasteiger partial charge in [-0.15, -0.1) is 10.2 Å². The molecule has 1 aromatic carbocycles. The summed E-state index contributed by atoms with van der Waals surface area (Å²) in [6.07, 6.45) is 2.14. The van der Waals surface area contributed by atoms with E-state index in [1.54, 1.807) is 19.2 Å². The molecule has 0 spiro atoms. The zero-order valence-electron chi connectivity index (χ0n) is 13.4. The van der Waals surface area contributed by atoms with E-state index in [4.69, 9.17) is 4.74 Å². The summed E-state index contributed by atoms with van der Waals surface area (Å²) in [6.45, 7) is 1.24. The monoisotopic (exact) mass is 325 g/mol. The number of benzene rings is 1. The molecule has 3 aromatic rings. The predicted octanol–water partition coefficient (Wildman–Crippen LogP) is 2.20. The van der Waals surface area contributed by atoms with Crippen LogP contribution in [0, 0.1) is 0 Å². The van der Waals surface area contributed by atoms with Crippen molar-refractivity contribution >= 4 is 28.4 Å². The molecule has 7 heteroatoms. The van der Waals surface area contributed by atoms with Crippen molar-refractivity contribution in [2.24, 2.45) is 0 Å². The SMILES string of the molecule is COCCNc1ccc(NC(=O)Cc2c[nH]c3ccccc23)nn1. The molecule has 3 N–H and O–H groups in total. The third-order valence-electron chi connectivity index (χ3n) is 3.57. The Balaban J connectivity index is 1.58. The maximum Gasteiger partial charge on any atom is 0.230 e. The van der Waals surface area contributed by atoms with Crippen LogP contribution in [0.3, 0.4) is 0 Å². The van der Waals surface area contributed by atoms with Crippen LogP contribution >= 0.6 is 0 Å². The molecule has 0 atom stereocenters. The minimum absolute atomic E-state index is 0.130. The number of anilines is 2. The van der Waals surface area contributed by atoms with E-state index in [2.05, 4.69) is 25.8 Å². The molecular formula is C17H19N5O2. The quantitative estimate of drug-likeness (QED) is 0.579. The highest BCUT2D eigenvalue weighted by atomic mass is 16.5. The number of methoxy groups -OCH3 is 1. The summed E-state index contributed by atoms with van der Waals surface area (Å²) in [6, 6.07) is 11.4. The molecule has 0 aliphatic rings. The van der Waals surface area contributed by atoms with Crippen molar-refractivity contribution in [2.45, 2.75) is 6.42 Å². The van der Waals surface area contributed by atoms with Gasteiger partial charge in [0.15, 0.2) is 5.82 Å². The molecule has 0 aliphatic heterocycles. The van der Waals surface area contributed by atoms with Crippen LogP contribution in [0.25, 0.3) is 10.9 Å². The lowest BCUT2D eigenvalue weighted by molar-refractivity contribution is -0.115. The predicted molar refractivity (Wildman–Crippen MR) is 93.0 cm³/mol. The van der Waals surface area contributed by atoms with Crippen LogP contribution in [0.2, 0.25) is 0 Å². The summed E-state index contributed by atoms with van der Waals surface area (Å²) in [5, 5.41) is 14.9. The largest absolute Gasteiger partial charge is 0.383 e. The van der Waals surface area contributed by atoms with E-state index in [0.29, 0.717) is 24.8 Å². The number of carbonyl (C=O) groups excluding carboxylic acids is 1. The molecule has 1 amide bonds. The zero-order chi connectivity index (χ0) is 16.8. The zero-order valence-corrected chi connectivity index (χ0v) is 13.4. The molecule has 3 rings (SSSR count). The second-order valence-electron chi connectivity index (χ2n) is 5.31. The minimum atomic E-state index is -0.130. The molecule has 7 nitrogen and oxygen atoms in total. The molecule has 2 heterocycles. The van der Waals surface area contributed by atoms with Crippen molar-refractivity contribution in [1.29, 1.82) is 0 Å². The van der Waals surface area contributed by atoms with Gasteiger partial charge in [0.05, 0.1) is 13.0 Å². The van der Waals surface area contributed by atoms with Crippen LogP contribution in [-0.4, -0.2) is 41.3 Å². The van der Waals surface area contributed by atoms with Crippen LogP contribution < -0.4 is 10.6 Å². The highest BCUT2D eigenvalue weighted by molar-refractivity contribution is 5.95. The van der Waals surface area contributed by atoms with Crippen LogP contribution in [0.4, 0.5) is 11.6 Å². The fourth-order valence-electron chi connectivity index (χ4n) is 2.41. The van der Waals surface area contributed by atoms with E-state index < -0.39 is 0 Å². The van der Waals surface area contributed by atoms with Crippen LogP contribution in [0.1, 0.15) is 5.56 Å². The van der Waals surface area contributed by atoms with Crippen molar-refractivity contribution in [3.8, 4) is 0 Å². The van der Waals surface area contributed by atoms with Crippen molar-refractivity contribution in [2.75, 3.05) is 30.9 Å². The molecular weight excluding hydrogens is 306 g/mol. The van der Waals surface area contributed by atoms with E-state index in [1.807, 2.05) is 30.5 Å². The average Bonchev–Trinajstić information content (AvgIpc) is 3.00. The highest BCUT2D eigenvalue weighted by Gasteiger charge is 2.09. The fraction of sp³-hybridized carbons (Fsp3) is 0.235. The molecule has 0 fully saturated rings. The first-order valence-electron chi connectivity index (χ1n) is 7.67. The molecule has 124 valence electrons. The van der Waals surface area contributed by atoms with Crippen LogP contribution in [0.15, 0.2) is 42.6 Å². The standard InChI is InChI=1S/C17H19N5O2/c1-24-9-8-18-15-6-7-16(22-21-15)20-17(23)10-12-11-19-14-5-3-2-4-13(12)14/h2-7,11,19H,8-10H2,1H3,(H,18,21)(H,20,22,23). The number of aromatic amines is 1. The van der Waals surface area contributed by atoms with Gasteiger partial charge in [-0.2, -0.15) is 0 Å². The van der Waals surface area contributed by atoms with Gasteiger partial charge in [-0.05, 0) is 23.8 Å². The van der Waals surface area contributed by atoms with Crippen molar-refractivity contribution in [1.82, 2.24) is 15.2 Å². The van der Waals surface area contributed by atoms with E-state index in [0.717, 1.165) is 16.5 Å². The minimum Gasteiger partial charge on any atom is -0.383 e. The third kappa shape index (κ3) is 3.88. The van der Waals surface area contributed by atoms with E-state index >= 15 is 0 Å². The Kier molecular flexibility index (Phi) is 5.02. The van der Waals surface area contributed by atoms with Crippen molar-refractivity contribution in [3.63, 3.8) is 0 Å². The second kappa shape index (κ2) is 7.56. The second-order valence-corrected chi connectivity index (χ2v) is 5.31. The first-order chi connectivity index (χ1) is 11.8. The Labute approximate surface area is 139 Å². The first-order valence-corrected chi connectivity index (χ1v) is 7.67. The highest BCUT2D eigenvalue weighted by Crippen LogP contribution is 2.18. The number of hydrogen-bond acceptors (Lipinski definition) is 5. The smallest absolute Gasteiger partial charge is 0.230 e. The number of hydrogen-bond donors (Lipinski definition) is 3. The Morgan fingerprint density at radius 2 is 1.96 bits per heavy atom. The molecule has 0 aliphatic carbocycles. The van der Waals surface area contributed by atoms with Crippen molar-refractivity contribution in [3.05, 3.63) is 48.2 Å². The summed E-state index contributed by atoms with van der Waals surface area (Å²) >= 11 is 0. The Bertz CT molecular complexity index is 813. The van der Waals surface area contributed by atoms with Gasteiger partial charge < -0.3 is 20.4 Å².